The first-order valence-corrected chi connectivity index (χ1v) is 21.8. The van der Waals surface area contributed by atoms with E-state index in [4.69, 9.17) is 4.42 Å². The van der Waals surface area contributed by atoms with Gasteiger partial charge >= 0.3 is 0 Å². The van der Waals surface area contributed by atoms with Gasteiger partial charge in [0.05, 0.1) is 4.75 Å². The Labute approximate surface area is 340 Å². The predicted molar refractivity (Wildman–Crippen MR) is 240 cm³/mol. The number of benzene rings is 5. The lowest BCUT2D eigenvalue weighted by Gasteiger charge is -2.38. The van der Waals surface area contributed by atoms with E-state index in [1.54, 1.807) is 0 Å². The van der Waals surface area contributed by atoms with Crippen molar-refractivity contribution in [2.75, 3.05) is 0 Å². The summed E-state index contributed by atoms with van der Waals surface area (Å²) in [6.07, 6.45) is 4.98. The molecule has 1 aliphatic carbocycles. The number of fused-ring (bicyclic) bond motifs is 6. The van der Waals surface area contributed by atoms with Crippen LogP contribution in [0.3, 0.4) is 0 Å². The highest BCUT2D eigenvalue weighted by molar-refractivity contribution is 8.01. The molecule has 2 atom stereocenters. The van der Waals surface area contributed by atoms with Crippen molar-refractivity contribution in [3.8, 4) is 34.0 Å². The molecule has 2 aliphatic rings. The van der Waals surface area contributed by atoms with E-state index in [9.17, 15) is 0 Å². The van der Waals surface area contributed by atoms with Crippen molar-refractivity contribution in [3.05, 3.63) is 143 Å². The van der Waals surface area contributed by atoms with Gasteiger partial charge < -0.3 is 4.42 Å². The first-order valence-electron chi connectivity index (χ1n) is 20.2. The Morgan fingerprint density at radius 1 is 0.607 bits per heavy atom. The predicted octanol–water partition coefficient (Wildman–Crippen LogP) is 15.4. The second-order valence-electron chi connectivity index (χ2n) is 17.2. The smallest absolute Gasteiger partial charge is 0.248 e. The van der Waals surface area contributed by atoms with E-state index in [1.807, 2.05) is 23.1 Å². The number of nitrogens with zero attached hydrogens (tertiary/aromatic N) is 2. The number of thiophene rings is 1. The Kier molecular flexibility index (Phi) is 9.25. The minimum atomic E-state index is -0.126. The summed E-state index contributed by atoms with van der Waals surface area (Å²) in [4.78, 5) is 1.37. The highest BCUT2D eigenvalue weighted by Crippen LogP contribution is 2.62. The first-order chi connectivity index (χ1) is 26.9. The lowest BCUT2D eigenvalue weighted by molar-refractivity contribution is 0.584. The second kappa shape index (κ2) is 14.0. The Hall–Kier alpha value is -4.71. The molecule has 282 valence electrons. The minimum Gasteiger partial charge on any atom is -0.416 e. The van der Waals surface area contributed by atoms with Crippen molar-refractivity contribution in [3.63, 3.8) is 0 Å². The van der Waals surface area contributed by atoms with E-state index in [0.29, 0.717) is 35.5 Å². The van der Waals surface area contributed by atoms with Crippen LogP contribution in [-0.4, -0.2) is 14.9 Å². The maximum Gasteiger partial charge on any atom is 0.248 e. The van der Waals surface area contributed by atoms with Crippen LogP contribution in [0, 0.1) is 5.92 Å². The van der Waals surface area contributed by atoms with E-state index in [1.165, 1.54) is 69.6 Å². The van der Waals surface area contributed by atoms with Gasteiger partial charge in [0.1, 0.15) is 0 Å². The van der Waals surface area contributed by atoms with Gasteiger partial charge in [-0.3, -0.25) is 0 Å². The van der Waals surface area contributed by atoms with Crippen molar-refractivity contribution < 1.29 is 4.42 Å². The quantitative estimate of drug-likeness (QED) is 0.154. The highest BCUT2D eigenvalue weighted by atomic mass is 32.2. The molecule has 2 unspecified atom stereocenters. The molecule has 0 radical (unpaired) electrons. The molecule has 9 rings (SSSR count). The Morgan fingerprint density at radius 3 is 1.95 bits per heavy atom. The molecule has 7 aromatic rings. The van der Waals surface area contributed by atoms with Crippen LogP contribution in [0.5, 0.6) is 0 Å². The molecular formula is C51H50N2OS2. The van der Waals surface area contributed by atoms with Crippen LogP contribution >= 0.6 is 23.1 Å². The maximum absolute atomic E-state index is 6.53. The number of hydrogen-bond donors (Lipinski definition) is 0. The first kappa shape index (κ1) is 36.9. The normalized spacial score (nSPS) is 18.1. The van der Waals surface area contributed by atoms with Crippen molar-refractivity contribution in [1.82, 2.24) is 10.2 Å². The van der Waals surface area contributed by atoms with Gasteiger partial charge in [-0.05, 0) is 135 Å². The van der Waals surface area contributed by atoms with Crippen LogP contribution in [0.4, 0.5) is 0 Å². The fraction of sp³-hybridized carbons (Fsp3) is 0.294. The van der Waals surface area contributed by atoms with Crippen LogP contribution < -0.4 is 0 Å². The molecule has 0 bridgehead atoms. The molecule has 56 heavy (non-hydrogen) atoms. The van der Waals surface area contributed by atoms with Gasteiger partial charge in [-0.25, -0.2) is 0 Å². The molecule has 0 amide bonds. The zero-order valence-corrected chi connectivity index (χ0v) is 35.5. The van der Waals surface area contributed by atoms with Gasteiger partial charge in [0.25, 0.3) is 0 Å². The molecule has 5 heteroatoms. The monoisotopic (exact) mass is 770 g/mol. The summed E-state index contributed by atoms with van der Waals surface area (Å²) in [5.41, 5.74) is 13.9. The summed E-state index contributed by atoms with van der Waals surface area (Å²) < 4.78 is 9.05. The van der Waals surface area contributed by atoms with Gasteiger partial charge in [0.15, 0.2) is 0 Å². The third-order valence-corrected chi connectivity index (χ3v) is 14.7. The SMILES string of the molecule is CC(C)C1=CC(c2cccc(-c3nnc(-c4cccc(-c5cc(C(C)C)cc6c5sc5ccc(C(C)C)cc56)c4)o3)c2)C2(C)Sc3ccc(C(C)C)cc3C2=C1. The molecule has 5 aromatic carbocycles. The molecule has 0 N–H and O–H groups in total. The Bertz CT molecular complexity index is 2720. The lowest BCUT2D eigenvalue weighted by atomic mass is 9.72. The molecule has 3 nitrogen and oxygen atoms in total. The molecule has 0 spiro atoms. The molecule has 2 aromatic heterocycles. The Morgan fingerprint density at radius 2 is 1.23 bits per heavy atom. The van der Waals surface area contributed by atoms with E-state index in [-0.39, 0.29) is 10.7 Å². The van der Waals surface area contributed by atoms with Gasteiger partial charge in [0, 0.05) is 42.1 Å². The summed E-state index contributed by atoms with van der Waals surface area (Å²) in [6, 6.07) is 36.2. The molecule has 0 saturated heterocycles. The minimum absolute atomic E-state index is 0.126. The zero-order valence-electron chi connectivity index (χ0n) is 33.9. The summed E-state index contributed by atoms with van der Waals surface area (Å²) >= 11 is 3.89. The summed E-state index contributed by atoms with van der Waals surface area (Å²) in [5, 5.41) is 11.9. The third-order valence-electron chi connectivity index (χ3n) is 12.0. The maximum atomic E-state index is 6.53. The van der Waals surface area contributed by atoms with Crippen LogP contribution in [0.25, 0.3) is 59.8 Å². The zero-order chi connectivity index (χ0) is 39.0. The van der Waals surface area contributed by atoms with E-state index >= 15 is 0 Å². The van der Waals surface area contributed by atoms with Gasteiger partial charge in [-0.2, -0.15) is 0 Å². The van der Waals surface area contributed by atoms with Crippen molar-refractivity contribution in [1.29, 1.82) is 0 Å². The fourth-order valence-electron chi connectivity index (χ4n) is 8.52. The van der Waals surface area contributed by atoms with E-state index in [0.717, 1.165) is 16.7 Å². The average molecular weight is 771 g/mol. The number of aromatic nitrogens is 2. The largest absolute Gasteiger partial charge is 0.416 e. The highest BCUT2D eigenvalue weighted by Gasteiger charge is 2.47. The molecule has 0 saturated carbocycles. The van der Waals surface area contributed by atoms with Crippen LogP contribution in [0.15, 0.2) is 124 Å². The third kappa shape index (κ3) is 6.28. The second-order valence-corrected chi connectivity index (χ2v) is 19.8. The number of thioether (sulfide) groups is 1. The van der Waals surface area contributed by atoms with Crippen molar-refractivity contribution >= 4 is 48.8 Å². The van der Waals surface area contributed by atoms with Crippen molar-refractivity contribution in [2.24, 2.45) is 5.92 Å². The number of hydrogen-bond acceptors (Lipinski definition) is 5. The van der Waals surface area contributed by atoms with Crippen LogP contribution in [0.2, 0.25) is 0 Å². The van der Waals surface area contributed by atoms with E-state index in [2.05, 4.69) is 182 Å². The summed E-state index contributed by atoms with van der Waals surface area (Å²) in [5.74, 6) is 3.06. The molecular weight excluding hydrogens is 721 g/mol. The topological polar surface area (TPSA) is 38.9 Å². The van der Waals surface area contributed by atoms with Crippen LogP contribution in [0.1, 0.15) is 114 Å². The van der Waals surface area contributed by atoms with Crippen molar-refractivity contribution in [2.45, 2.75) is 95.6 Å². The van der Waals surface area contributed by atoms with E-state index < -0.39 is 0 Å². The summed E-state index contributed by atoms with van der Waals surface area (Å²) in [7, 11) is 0. The fourth-order valence-corrected chi connectivity index (χ4v) is 11.2. The number of rotatable bonds is 8. The van der Waals surface area contributed by atoms with Gasteiger partial charge in [-0.1, -0.05) is 110 Å². The lowest BCUT2D eigenvalue weighted by Crippen LogP contribution is -2.30. The molecule has 0 fully saturated rings. The summed E-state index contributed by atoms with van der Waals surface area (Å²) in [6.45, 7) is 20.7. The average Bonchev–Trinajstić information content (AvgIpc) is 3.90. The standard InChI is InChI=1S/C51H50N2OS2/c1-28(2)32-16-18-46-41(22-32)42-25-38(30(5)6)24-40(48(42)55-46)34-12-10-14-36(20-34)49-52-53-50(54-49)37-15-11-13-35(21-37)44-26-39(31(7)8)27-45-43-23-33(29(3)4)17-19-47(43)56-51(44,45)9/h10-31,44H,1-9H3. The Balaban J connectivity index is 1.07. The number of allylic oxidation sites excluding steroid dienone is 3. The van der Waals surface area contributed by atoms with Gasteiger partial charge in [-0.15, -0.1) is 33.3 Å². The molecule has 3 heterocycles. The van der Waals surface area contributed by atoms with Gasteiger partial charge in [0.2, 0.25) is 11.8 Å². The van der Waals surface area contributed by atoms with Crippen LogP contribution in [-0.2, 0) is 0 Å². The molecule has 1 aliphatic heterocycles.